The topological polar surface area (TPSA) is 103 Å². The van der Waals surface area contributed by atoms with Crippen LogP contribution >= 0.6 is 22.6 Å². The van der Waals surface area contributed by atoms with Gasteiger partial charge in [0.25, 0.3) is 0 Å². The first-order chi connectivity index (χ1) is 8.13. The number of aromatic carboxylic acids is 1. The zero-order valence-electron chi connectivity index (χ0n) is 8.06. The zero-order chi connectivity index (χ0) is 14.1. The first-order valence-electron chi connectivity index (χ1n) is 3.95. The number of carboxylic acid groups (broad SMARTS) is 1. The van der Waals surface area contributed by atoms with E-state index >= 15 is 0 Å². The Morgan fingerprint density at radius 1 is 1.56 bits per heavy atom. The molecule has 18 heavy (non-hydrogen) atoms. The number of alkyl halides is 3. The average molecular weight is 378 g/mol. The number of carboxylic acids is 1. The van der Waals surface area contributed by atoms with Crippen molar-refractivity contribution in [3.8, 4) is 5.75 Å². The maximum absolute atomic E-state index is 12.1. The summed E-state index contributed by atoms with van der Waals surface area (Å²) in [6.45, 7) is 0. The molecule has 0 saturated heterocycles. The lowest BCUT2D eigenvalue weighted by molar-refractivity contribution is -0.390. The summed E-state index contributed by atoms with van der Waals surface area (Å²) in [6, 6.07) is 0. The smallest absolute Gasteiger partial charge is 0.477 e. The lowest BCUT2D eigenvalue weighted by Crippen LogP contribution is -2.20. The standard InChI is InChI=1S/C7H2F3IN2O5/c8-7(9,10)18-4-2(6(14)15)1-12-5(11)3(4)13(16)17/h1H,(H,14,15). The molecule has 98 valence electrons. The van der Waals surface area contributed by atoms with E-state index in [9.17, 15) is 28.1 Å². The van der Waals surface area contributed by atoms with Crippen LogP contribution in [-0.4, -0.2) is 27.3 Å². The number of hydrogen-bond acceptors (Lipinski definition) is 5. The van der Waals surface area contributed by atoms with Gasteiger partial charge in [-0.15, -0.1) is 13.2 Å². The molecule has 11 heteroatoms. The summed E-state index contributed by atoms with van der Waals surface area (Å²) in [5.41, 5.74) is -2.19. The Morgan fingerprint density at radius 2 is 2.11 bits per heavy atom. The van der Waals surface area contributed by atoms with Gasteiger partial charge >= 0.3 is 18.0 Å². The third kappa shape index (κ3) is 3.18. The van der Waals surface area contributed by atoms with Gasteiger partial charge in [0, 0.05) is 6.20 Å². The van der Waals surface area contributed by atoms with Crippen molar-refractivity contribution in [2.75, 3.05) is 0 Å². The number of carbonyl (C=O) groups is 1. The van der Waals surface area contributed by atoms with E-state index in [4.69, 9.17) is 5.11 Å². The Kier molecular flexibility index (Phi) is 3.93. The highest BCUT2D eigenvalue weighted by atomic mass is 127. The van der Waals surface area contributed by atoms with Gasteiger partial charge in [0.05, 0.1) is 4.92 Å². The fourth-order valence-corrected chi connectivity index (χ4v) is 1.57. The Hall–Kier alpha value is -1.66. The lowest BCUT2D eigenvalue weighted by atomic mass is 10.2. The van der Waals surface area contributed by atoms with E-state index < -0.39 is 38.0 Å². The lowest BCUT2D eigenvalue weighted by Gasteiger charge is -2.11. The summed E-state index contributed by atoms with van der Waals surface area (Å²) in [5.74, 6) is -3.21. The largest absolute Gasteiger partial charge is 0.573 e. The first kappa shape index (κ1) is 14.4. The highest BCUT2D eigenvalue weighted by molar-refractivity contribution is 14.1. The van der Waals surface area contributed by atoms with Crippen molar-refractivity contribution in [3.05, 3.63) is 25.6 Å². The van der Waals surface area contributed by atoms with Crippen molar-refractivity contribution < 1.29 is 32.7 Å². The number of rotatable bonds is 3. The number of aromatic nitrogens is 1. The fourth-order valence-electron chi connectivity index (χ4n) is 0.992. The zero-order valence-corrected chi connectivity index (χ0v) is 10.2. The van der Waals surface area contributed by atoms with Gasteiger partial charge in [-0.1, -0.05) is 0 Å². The van der Waals surface area contributed by atoms with Crippen molar-refractivity contribution in [2.24, 2.45) is 0 Å². The van der Waals surface area contributed by atoms with E-state index in [1.807, 2.05) is 0 Å². The van der Waals surface area contributed by atoms with E-state index in [1.54, 1.807) is 0 Å². The number of halogens is 4. The van der Waals surface area contributed by atoms with Crippen LogP contribution in [0.1, 0.15) is 10.4 Å². The molecule has 0 aromatic carbocycles. The summed E-state index contributed by atoms with van der Waals surface area (Å²) in [5, 5.41) is 19.3. The van der Waals surface area contributed by atoms with Gasteiger partial charge in [0.15, 0.2) is 3.70 Å². The normalized spacial score (nSPS) is 11.1. The molecule has 0 bridgehead atoms. The second kappa shape index (κ2) is 4.91. The molecule has 0 unspecified atom stereocenters. The number of pyridine rings is 1. The number of ether oxygens (including phenoxy) is 1. The van der Waals surface area contributed by atoms with Crippen molar-refractivity contribution in [2.45, 2.75) is 6.36 Å². The minimum absolute atomic E-state index is 0.415. The Labute approximate surface area is 110 Å². The molecule has 1 aromatic heterocycles. The summed E-state index contributed by atoms with van der Waals surface area (Å²) < 4.78 is 39.3. The van der Waals surface area contributed by atoms with Gasteiger partial charge in [-0.05, 0) is 22.6 Å². The van der Waals surface area contributed by atoms with Crippen molar-refractivity contribution in [1.29, 1.82) is 0 Å². The van der Waals surface area contributed by atoms with Gasteiger partial charge in [0.2, 0.25) is 5.75 Å². The SMILES string of the molecule is O=C(O)c1cnc(I)c([N+](=O)[O-])c1OC(F)(F)F. The van der Waals surface area contributed by atoms with Crippen molar-refractivity contribution in [3.63, 3.8) is 0 Å². The van der Waals surface area contributed by atoms with E-state index in [-0.39, 0.29) is 0 Å². The van der Waals surface area contributed by atoms with E-state index in [0.29, 0.717) is 6.20 Å². The minimum atomic E-state index is -5.25. The first-order valence-corrected chi connectivity index (χ1v) is 5.03. The highest BCUT2D eigenvalue weighted by Crippen LogP contribution is 2.37. The Morgan fingerprint density at radius 3 is 2.50 bits per heavy atom. The molecule has 1 heterocycles. The van der Waals surface area contributed by atoms with Crippen LogP contribution in [0.25, 0.3) is 0 Å². The molecule has 1 rings (SSSR count). The molecule has 0 aliphatic heterocycles. The summed E-state index contributed by atoms with van der Waals surface area (Å²) in [4.78, 5) is 23.4. The molecular formula is C7H2F3IN2O5. The fraction of sp³-hybridized carbons (Fsp3) is 0.143. The van der Waals surface area contributed by atoms with Gasteiger partial charge in [-0.3, -0.25) is 10.1 Å². The maximum Gasteiger partial charge on any atom is 0.573 e. The minimum Gasteiger partial charge on any atom is -0.477 e. The van der Waals surface area contributed by atoms with Gasteiger partial charge < -0.3 is 9.84 Å². The quantitative estimate of drug-likeness (QED) is 0.375. The molecule has 1 aromatic rings. The van der Waals surface area contributed by atoms with Crippen LogP contribution in [0.5, 0.6) is 5.75 Å². The van der Waals surface area contributed by atoms with Gasteiger partial charge in [-0.2, -0.15) is 0 Å². The molecule has 0 aliphatic carbocycles. The summed E-state index contributed by atoms with van der Waals surface area (Å²) in [6.07, 6.45) is -4.70. The maximum atomic E-state index is 12.1. The molecule has 1 N–H and O–H groups in total. The van der Waals surface area contributed by atoms with Crippen LogP contribution in [-0.2, 0) is 0 Å². The molecule has 0 aliphatic rings. The predicted molar refractivity (Wildman–Crippen MR) is 57.3 cm³/mol. The number of hydrogen-bond donors (Lipinski definition) is 1. The average Bonchev–Trinajstić information content (AvgIpc) is 2.13. The van der Waals surface area contributed by atoms with Gasteiger partial charge in [-0.25, -0.2) is 9.78 Å². The van der Waals surface area contributed by atoms with Crippen LogP contribution in [0.4, 0.5) is 18.9 Å². The van der Waals surface area contributed by atoms with Crippen molar-refractivity contribution in [1.82, 2.24) is 4.98 Å². The molecule has 7 nitrogen and oxygen atoms in total. The van der Waals surface area contributed by atoms with E-state index in [2.05, 4.69) is 9.72 Å². The highest BCUT2D eigenvalue weighted by Gasteiger charge is 2.38. The number of nitrogens with zero attached hydrogens (tertiary/aromatic N) is 2. The third-order valence-corrected chi connectivity index (χ3v) is 2.38. The Balaban J connectivity index is 3.53. The molecular weight excluding hydrogens is 376 g/mol. The molecule has 0 saturated carbocycles. The Bertz CT molecular complexity index is 519. The molecule has 0 atom stereocenters. The predicted octanol–water partition coefficient (Wildman–Crippen LogP) is 2.19. The second-order valence-corrected chi connectivity index (χ2v) is 3.77. The summed E-state index contributed by atoms with van der Waals surface area (Å²) in [7, 11) is 0. The monoisotopic (exact) mass is 378 g/mol. The van der Waals surface area contributed by atoms with Crippen LogP contribution in [0.2, 0.25) is 0 Å². The van der Waals surface area contributed by atoms with E-state index in [0.717, 1.165) is 0 Å². The molecule has 0 amide bonds. The second-order valence-electron chi connectivity index (χ2n) is 2.75. The summed E-state index contributed by atoms with van der Waals surface area (Å²) >= 11 is 1.30. The third-order valence-electron chi connectivity index (χ3n) is 1.59. The van der Waals surface area contributed by atoms with Crippen molar-refractivity contribution >= 4 is 34.2 Å². The molecule has 0 radical (unpaired) electrons. The van der Waals surface area contributed by atoms with Crippen LogP contribution in [0.3, 0.4) is 0 Å². The van der Waals surface area contributed by atoms with Gasteiger partial charge in [0.1, 0.15) is 5.56 Å². The number of nitro groups is 1. The van der Waals surface area contributed by atoms with Crippen LogP contribution in [0, 0.1) is 13.8 Å². The molecule has 0 fully saturated rings. The van der Waals surface area contributed by atoms with Crippen LogP contribution < -0.4 is 4.74 Å². The molecule has 0 spiro atoms. The van der Waals surface area contributed by atoms with Crippen LogP contribution in [0.15, 0.2) is 6.20 Å². The van der Waals surface area contributed by atoms with E-state index in [1.165, 1.54) is 22.6 Å².